The van der Waals surface area contributed by atoms with Crippen molar-refractivity contribution in [3.05, 3.63) is 12.2 Å². The van der Waals surface area contributed by atoms with Gasteiger partial charge in [-0.25, -0.2) is 0 Å². The summed E-state index contributed by atoms with van der Waals surface area (Å²) in [5, 5.41) is 2.67. The van der Waals surface area contributed by atoms with E-state index in [0.29, 0.717) is 0 Å². The predicted octanol–water partition coefficient (Wildman–Crippen LogP) is 0.0688. The first-order chi connectivity index (χ1) is 9.80. The minimum atomic E-state index is -0.960. The molecule has 1 saturated carbocycles. The van der Waals surface area contributed by atoms with Gasteiger partial charge in [0.2, 0.25) is 17.7 Å². The maximum atomic E-state index is 12.4. The van der Waals surface area contributed by atoms with Gasteiger partial charge < -0.3 is 11.1 Å². The summed E-state index contributed by atoms with van der Waals surface area (Å²) in [4.78, 5) is 37.8. The molecule has 0 radical (unpaired) electrons. The number of allylic oxidation sites excluding steroid dienone is 2. The Kier molecular flexibility index (Phi) is 4.37. The minimum absolute atomic E-state index is 0. The molecule has 0 aromatic heterocycles. The van der Waals surface area contributed by atoms with E-state index in [1.165, 1.54) is 4.90 Å². The third-order valence-corrected chi connectivity index (χ3v) is 4.77. The van der Waals surface area contributed by atoms with Crippen molar-refractivity contribution in [3.8, 4) is 0 Å². The summed E-state index contributed by atoms with van der Waals surface area (Å²) in [5.41, 5.74) is 4.72. The van der Waals surface area contributed by atoms with Crippen LogP contribution < -0.4 is 11.1 Å². The Morgan fingerprint density at radius 3 is 2.23 bits per heavy atom. The summed E-state index contributed by atoms with van der Waals surface area (Å²) in [7, 11) is 0. The Hall–Kier alpha value is -1.40. The van der Waals surface area contributed by atoms with Crippen molar-refractivity contribution in [2.45, 2.75) is 25.8 Å². The number of fused-ring (bicyclic) bond motifs is 5. The Bertz CT molecular complexity index is 511. The lowest BCUT2D eigenvalue weighted by molar-refractivity contribution is -0.141. The van der Waals surface area contributed by atoms with Crippen molar-refractivity contribution >= 4 is 30.1 Å². The molecule has 3 amide bonds. The van der Waals surface area contributed by atoms with Crippen LogP contribution in [0, 0.1) is 23.7 Å². The molecule has 7 heteroatoms. The summed E-state index contributed by atoms with van der Waals surface area (Å²) < 4.78 is 0. The number of nitrogens with one attached hydrogen (secondary N) is 1. The first kappa shape index (κ1) is 17.0. The van der Waals surface area contributed by atoms with Crippen LogP contribution in [0.3, 0.4) is 0 Å². The first-order valence-electron chi connectivity index (χ1n) is 7.41. The normalized spacial score (nSPS) is 32.2. The van der Waals surface area contributed by atoms with Crippen LogP contribution in [0.2, 0.25) is 0 Å². The van der Waals surface area contributed by atoms with Gasteiger partial charge in [0.25, 0.3) is 0 Å². The number of imide groups is 1. The van der Waals surface area contributed by atoms with E-state index in [4.69, 9.17) is 5.73 Å². The van der Waals surface area contributed by atoms with E-state index >= 15 is 0 Å². The second-order valence-electron chi connectivity index (χ2n) is 6.81. The van der Waals surface area contributed by atoms with Crippen molar-refractivity contribution < 1.29 is 14.4 Å². The van der Waals surface area contributed by atoms with Gasteiger partial charge in [-0.1, -0.05) is 12.2 Å². The molecule has 0 spiro atoms. The number of rotatable bonds is 4. The molecule has 2 fully saturated rings. The van der Waals surface area contributed by atoms with Gasteiger partial charge >= 0.3 is 0 Å². The zero-order valence-corrected chi connectivity index (χ0v) is 13.6. The molecule has 6 nitrogen and oxygen atoms in total. The molecule has 1 heterocycles. The fraction of sp³-hybridized carbons (Fsp3) is 0.667. The van der Waals surface area contributed by atoms with Crippen molar-refractivity contribution in [2.75, 3.05) is 13.1 Å². The highest BCUT2D eigenvalue weighted by atomic mass is 35.5. The van der Waals surface area contributed by atoms with Crippen LogP contribution in [0.25, 0.3) is 0 Å². The van der Waals surface area contributed by atoms with E-state index in [1.807, 2.05) is 0 Å². The van der Waals surface area contributed by atoms with Crippen molar-refractivity contribution in [2.24, 2.45) is 29.4 Å². The van der Waals surface area contributed by atoms with E-state index in [-0.39, 0.29) is 66.9 Å². The lowest BCUT2D eigenvalue weighted by atomic mass is 9.85. The second kappa shape index (κ2) is 5.66. The van der Waals surface area contributed by atoms with Gasteiger partial charge in [0.1, 0.15) is 0 Å². The van der Waals surface area contributed by atoms with Gasteiger partial charge in [-0.05, 0) is 32.1 Å². The summed E-state index contributed by atoms with van der Waals surface area (Å²) in [6, 6.07) is 0. The first-order valence-corrected chi connectivity index (χ1v) is 7.41. The van der Waals surface area contributed by atoms with Gasteiger partial charge in [-0.15, -0.1) is 12.4 Å². The molecule has 22 heavy (non-hydrogen) atoms. The highest BCUT2D eigenvalue weighted by molar-refractivity contribution is 6.06. The van der Waals surface area contributed by atoms with Crippen LogP contribution in [0.5, 0.6) is 0 Å². The van der Waals surface area contributed by atoms with E-state index < -0.39 is 5.54 Å². The van der Waals surface area contributed by atoms with Crippen molar-refractivity contribution in [3.63, 3.8) is 0 Å². The molecule has 3 N–H and O–H groups in total. The average Bonchev–Trinajstić information content (AvgIpc) is 3.06. The van der Waals surface area contributed by atoms with Crippen LogP contribution in [0.1, 0.15) is 20.3 Å². The number of carbonyl (C=O) groups is 3. The van der Waals surface area contributed by atoms with Crippen LogP contribution >= 0.6 is 12.4 Å². The number of hydrogen-bond acceptors (Lipinski definition) is 4. The zero-order valence-electron chi connectivity index (χ0n) is 12.7. The molecule has 4 atom stereocenters. The maximum absolute atomic E-state index is 12.4. The quantitative estimate of drug-likeness (QED) is 0.564. The second-order valence-corrected chi connectivity index (χ2v) is 6.81. The van der Waals surface area contributed by atoms with Crippen LogP contribution in [0.15, 0.2) is 12.2 Å². The van der Waals surface area contributed by atoms with Gasteiger partial charge in [0.05, 0.1) is 17.4 Å². The molecule has 0 aromatic carbocycles. The van der Waals surface area contributed by atoms with Gasteiger partial charge in [-0.3, -0.25) is 19.3 Å². The number of nitrogens with two attached hydrogens (primary N) is 1. The fourth-order valence-electron chi connectivity index (χ4n) is 3.69. The highest BCUT2D eigenvalue weighted by Crippen LogP contribution is 2.52. The van der Waals surface area contributed by atoms with Gasteiger partial charge in [0, 0.05) is 13.1 Å². The molecule has 1 saturated heterocycles. The minimum Gasteiger partial charge on any atom is -0.353 e. The SMILES string of the molecule is CC(C)(N)C(=O)NCCN1C(=O)C2C3C=CC(C3)C2C1=O.Cl. The Balaban J connectivity index is 0.00000176. The van der Waals surface area contributed by atoms with Crippen molar-refractivity contribution in [1.29, 1.82) is 0 Å². The molecule has 0 aromatic rings. The third-order valence-electron chi connectivity index (χ3n) is 4.77. The number of carbonyl (C=O) groups excluding carboxylic acids is 3. The Labute approximate surface area is 135 Å². The summed E-state index contributed by atoms with van der Waals surface area (Å²) >= 11 is 0. The molecule has 3 aliphatic rings. The van der Waals surface area contributed by atoms with Gasteiger partial charge in [-0.2, -0.15) is 0 Å². The summed E-state index contributed by atoms with van der Waals surface area (Å²) in [5.74, 6) is -0.351. The predicted molar refractivity (Wildman–Crippen MR) is 83.0 cm³/mol. The summed E-state index contributed by atoms with van der Waals surface area (Å²) in [6.45, 7) is 3.70. The average molecular weight is 328 g/mol. The molecular weight excluding hydrogens is 306 g/mol. The Morgan fingerprint density at radius 1 is 1.27 bits per heavy atom. The van der Waals surface area contributed by atoms with Crippen LogP contribution in [-0.4, -0.2) is 41.2 Å². The molecule has 3 rings (SSSR count). The third kappa shape index (κ3) is 2.54. The summed E-state index contributed by atoms with van der Waals surface area (Å²) in [6.07, 6.45) is 5.07. The molecule has 4 unspecified atom stereocenters. The molecular formula is C15H22ClN3O3. The monoisotopic (exact) mass is 327 g/mol. The topological polar surface area (TPSA) is 92.5 Å². The number of likely N-dealkylation sites (tertiary alicyclic amines) is 1. The lowest BCUT2D eigenvalue weighted by Crippen LogP contribution is -2.51. The van der Waals surface area contributed by atoms with Crippen LogP contribution in [0.4, 0.5) is 0 Å². The van der Waals surface area contributed by atoms with E-state index in [2.05, 4.69) is 17.5 Å². The van der Waals surface area contributed by atoms with E-state index in [9.17, 15) is 14.4 Å². The number of nitrogens with zero attached hydrogens (tertiary/aromatic N) is 1. The molecule has 2 aliphatic carbocycles. The number of halogens is 1. The fourth-order valence-corrected chi connectivity index (χ4v) is 3.69. The lowest BCUT2D eigenvalue weighted by Gasteiger charge is -2.20. The standard InChI is InChI=1S/C15H21N3O3.ClH/c1-15(2,16)14(21)17-5-6-18-12(19)10-8-3-4-9(7-8)11(10)13(18)20;/h3-4,8-11H,5-7,16H2,1-2H3,(H,17,21);1H. The van der Waals surface area contributed by atoms with Gasteiger partial charge in [0.15, 0.2) is 0 Å². The molecule has 2 bridgehead atoms. The van der Waals surface area contributed by atoms with E-state index in [0.717, 1.165) is 6.42 Å². The maximum Gasteiger partial charge on any atom is 0.239 e. The number of hydrogen-bond donors (Lipinski definition) is 2. The zero-order chi connectivity index (χ0) is 15.4. The Morgan fingerprint density at radius 2 is 1.77 bits per heavy atom. The van der Waals surface area contributed by atoms with E-state index in [1.54, 1.807) is 13.8 Å². The highest BCUT2D eigenvalue weighted by Gasteiger charge is 2.58. The molecule has 1 aliphatic heterocycles. The van der Waals surface area contributed by atoms with Crippen LogP contribution in [-0.2, 0) is 14.4 Å². The van der Waals surface area contributed by atoms with Crippen molar-refractivity contribution in [1.82, 2.24) is 10.2 Å². The smallest absolute Gasteiger partial charge is 0.239 e. The largest absolute Gasteiger partial charge is 0.353 e. The number of amides is 3. The molecule has 122 valence electrons.